The van der Waals surface area contributed by atoms with E-state index in [-0.39, 0.29) is 5.78 Å². The van der Waals surface area contributed by atoms with E-state index in [4.69, 9.17) is 4.98 Å². The molecule has 5 nitrogen and oxygen atoms in total. The maximum atomic E-state index is 13.1. The molecule has 0 unspecified atom stereocenters. The standard InChI is InChI=1S/C31H34N4O/c36-30(26-8-4-10-27-25(26)9-5-17-32-27)20-23-13-11-22(12-14-23)15-18-35-19-16-28-29(21-35)34-31(33-28)24-6-2-1-3-7-24/h1-10,17,22-23H,11-16,18-21H2,(H,33,34). The van der Waals surface area contributed by atoms with Crippen molar-refractivity contribution in [2.75, 3.05) is 13.1 Å². The molecule has 0 atom stereocenters. The number of H-pyrrole nitrogens is 1. The summed E-state index contributed by atoms with van der Waals surface area (Å²) in [5.74, 6) is 2.56. The number of nitrogens with one attached hydrogen (secondary N) is 1. The van der Waals surface area contributed by atoms with Gasteiger partial charge in [0.25, 0.3) is 0 Å². The van der Waals surface area contributed by atoms with Crippen molar-refractivity contribution in [1.29, 1.82) is 0 Å². The van der Waals surface area contributed by atoms with Crippen molar-refractivity contribution in [3.05, 3.63) is 83.8 Å². The Labute approximate surface area is 213 Å². The van der Waals surface area contributed by atoms with Crippen LogP contribution in [0.4, 0.5) is 0 Å². The van der Waals surface area contributed by atoms with Crippen LogP contribution in [0.2, 0.25) is 0 Å². The molecule has 5 heteroatoms. The fourth-order valence-electron chi connectivity index (χ4n) is 6.08. The van der Waals surface area contributed by atoms with Crippen LogP contribution < -0.4 is 0 Å². The molecule has 2 aromatic carbocycles. The summed E-state index contributed by atoms with van der Waals surface area (Å²) in [6.45, 7) is 3.21. The third-order valence-electron chi connectivity index (χ3n) is 8.20. The van der Waals surface area contributed by atoms with Gasteiger partial charge in [-0.15, -0.1) is 0 Å². The lowest BCUT2D eigenvalue weighted by atomic mass is 9.78. The zero-order valence-electron chi connectivity index (χ0n) is 20.8. The van der Waals surface area contributed by atoms with Crippen LogP contribution in [0.5, 0.6) is 0 Å². The molecule has 0 amide bonds. The predicted octanol–water partition coefficient (Wildman–Crippen LogP) is 6.45. The van der Waals surface area contributed by atoms with E-state index in [1.54, 1.807) is 6.20 Å². The van der Waals surface area contributed by atoms with Crippen molar-refractivity contribution in [1.82, 2.24) is 19.9 Å². The SMILES string of the molecule is O=C(CC1CCC(CCN2CCc3nc(-c4ccccc4)[nH]c3C2)CC1)c1cccc2ncccc12. The number of aromatic amines is 1. The predicted molar refractivity (Wildman–Crippen MR) is 144 cm³/mol. The average Bonchev–Trinajstić information content (AvgIpc) is 3.36. The Morgan fingerprint density at radius 3 is 2.64 bits per heavy atom. The number of Topliss-reactive ketones (excluding diaryl/α,β-unsaturated/α-hetero) is 1. The maximum Gasteiger partial charge on any atom is 0.163 e. The summed E-state index contributed by atoms with van der Waals surface area (Å²) in [6, 6.07) is 20.2. The number of benzene rings is 2. The Morgan fingerprint density at radius 1 is 0.944 bits per heavy atom. The first-order valence-corrected chi connectivity index (χ1v) is 13.5. The van der Waals surface area contributed by atoms with Gasteiger partial charge >= 0.3 is 0 Å². The number of hydrogen-bond donors (Lipinski definition) is 1. The van der Waals surface area contributed by atoms with Crippen molar-refractivity contribution in [2.24, 2.45) is 11.8 Å². The van der Waals surface area contributed by atoms with Gasteiger partial charge in [0.15, 0.2) is 5.78 Å². The van der Waals surface area contributed by atoms with Gasteiger partial charge in [-0.3, -0.25) is 14.7 Å². The second kappa shape index (κ2) is 10.4. The first-order chi connectivity index (χ1) is 17.7. The fraction of sp³-hybridized carbons (Fsp3) is 0.387. The van der Waals surface area contributed by atoms with Crippen LogP contribution in [-0.2, 0) is 13.0 Å². The van der Waals surface area contributed by atoms with Crippen LogP contribution in [-0.4, -0.2) is 38.7 Å². The van der Waals surface area contributed by atoms with E-state index in [9.17, 15) is 4.79 Å². The number of carbonyl (C=O) groups excluding carboxylic acids is 1. The molecule has 184 valence electrons. The normalized spacial score (nSPS) is 20.3. The van der Waals surface area contributed by atoms with E-state index >= 15 is 0 Å². The minimum atomic E-state index is 0.274. The minimum Gasteiger partial charge on any atom is -0.341 e. The number of fused-ring (bicyclic) bond motifs is 2. The van der Waals surface area contributed by atoms with Crippen LogP contribution in [0.15, 0.2) is 66.9 Å². The van der Waals surface area contributed by atoms with E-state index in [1.165, 1.54) is 43.5 Å². The van der Waals surface area contributed by atoms with Gasteiger partial charge < -0.3 is 4.98 Å². The first kappa shape index (κ1) is 23.1. The summed E-state index contributed by atoms with van der Waals surface area (Å²) in [7, 11) is 0. The van der Waals surface area contributed by atoms with Crippen LogP contribution in [0, 0.1) is 11.8 Å². The number of imidazole rings is 1. The number of aromatic nitrogens is 3. The molecule has 0 saturated heterocycles. The Bertz CT molecular complexity index is 1330. The summed E-state index contributed by atoms with van der Waals surface area (Å²) in [6.07, 6.45) is 9.57. The molecule has 1 N–H and O–H groups in total. The van der Waals surface area contributed by atoms with Crippen molar-refractivity contribution >= 4 is 16.7 Å². The third-order valence-corrected chi connectivity index (χ3v) is 8.20. The molecule has 1 fully saturated rings. The number of hydrogen-bond acceptors (Lipinski definition) is 4. The van der Waals surface area contributed by atoms with Crippen molar-refractivity contribution in [3.63, 3.8) is 0 Å². The average molecular weight is 479 g/mol. The Kier molecular flexibility index (Phi) is 6.65. The molecule has 0 bridgehead atoms. The molecule has 3 heterocycles. The molecule has 2 aromatic heterocycles. The minimum absolute atomic E-state index is 0.274. The highest BCUT2D eigenvalue weighted by molar-refractivity contribution is 6.07. The number of carbonyl (C=O) groups is 1. The Morgan fingerprint density at radius 2 is 1.78 bits per heavy atom. The van der Waals surface area contributed by atoms with E-state index in [0.717, 1.165) is 59.8 Å². The zero-order chi connectivity index (χ0) is 24.3. The molecule has 1 saturated carbocycles. The van der Waals surface area contributed by atoms with Gasteiger partial charge in [-0.2, -0.15) is 0 Å². The molecule has 1 aliphatic heterocycles. The van der Waals surface area contributed by atoms with Crippen LogP contribution >= 0.6 is 0 Å². The first-order valence-electron chi connectivity index (χ1n) is 13.5. The highest BCUT2D eigenvalue weighted by Crippen LogP contribution is 2.34. The summed E-state index contributed by atoms with van der Waals surface area (Å²) in [5, 5.41) is 0.983. The summed E-state index contributed by atoms with van der Waals surface area (Å²) in [5.41, 5.74) is 5.42. The number of nitrogens with zero attached hydrogens (tertiary/aromatic N) is 3. The summed E-state index contributed by atoms with van der Waals surface area (Å²) >= 11 is 0. The van der Waals surface area contributed by atoms with Gasteiger partial charge in [0.1, 0.15) is 5.82 Å². The molecule has 36 heavy (non-hydrogen) atoms. The third kappa shape index (κ3) is 4.98. The second-order valence-corrected chi connectivity index (χ2v) is 10.6. The Balaban J connectivity index is 0.980. The van der Waals surface area contributed by atoms with Gasteiger partial charge in [0.2, 0.25) is 0 Å². The van der Waals surface area contributed by atoms with Gasteiger partial charge in [-0.1, -0.05) is 61.4 Å². The van der Waals surface area contributed by atoms with E-state index in [1.807, 2.05) is 36.4 Å². The molecular weight excluding hydrogens is 444 g/mol. The van der Waals surface area contributed by atoms with Crippen LogP contribution in [0.3, 0.4) is 0 Å². The molecule has 6 rings (SSSR count). The number of pyridine rings is 1. The molecule has 1 aliphatic carbocycles. The van der Waals surface area contributed by atoms with Gasteiger partial charge in [0.05, 0.1) is 16.9 Å². The molecule has 0 radical (unpaired) electrons. The lowest BCUT2D eigenvalue weighted by Gasteiger charge is -2.31. The lowest BCUT2D eigenvalue weighted by molar-refractivity contribution is 0.0941. The number of rotatable bonds is 7. The van der Waals surface area contributed by atoms with Crippen molar-refractivity contribution in [2.45, 2.75) is 51.5 Å². The molecular formula is C31H34N4O. The topological polar surface area (TPSA) is 61.9 Å². The largest absolute Gasteiger partial charge is 0.341 e. The van der Waals surface area contributed by atoms with Crippen molar-refractivity contribution < 1.29 is 4.79 Å². The van der Waals surface area contributed by atoms with E-state index < -0.39 is 0 Å². The maximum absolute atomic E-state index is 13.1. The van der Waals surface area contributed by atoms with Gasteiger partial charge in [-0.25, -0.2) is 4.98 Å². The quantitative estimate of drug-likeness (QED) is 0.310. The van der Waals surface area contributed by atoms with Gasteiger partial charge in [0, 0.05) is 48.6 Å². The van der Waals surface area contributed by atoms with Crippen molar-refractivity contribution in [3.8, 4) is 11.4 Å². The fourth-order valence-corrected chi connectivity index (χ4v) is 6.08. The smallest absolute Gasteiger partial charge is 0.163 e. The van der Waals surface area contributed by atoms with E-state index in [2.05, 4.69) is 39.1 Å². The van der Waals surface area contributed by atoms with Crippen LogP contribution in [0.1, 0.15) is 60.3 Å². The van der Waals surface area contributed by atoms with E-state index in [0.29, 0.717) is 12.3 Å². The summed E-state index contributed by atoms with van der Waals surface area (Å²) in [4.78, 5) is 28.5. The highest BCUT2D eigenvalue weighted by atomic mass is 16.1. The monoisotopic (exact) mass is 478 g/mol. The zero-order valence-corrected chi connectivity index (χ0v) is 20.8. The second-order valence-electron chi connectivity index (χ2n) is 10.6. The Hall–Kier alpha value is -3.31. The van der Waals surface area contributed by atoms with Crippen LogP contribution in [0.25, 0.3) is 22.3 Å². The molecule has 2 aliphatic rings. The lowest BCUT2D eigenvalue weighted by Crippen LogP contribution is -2.32. The summed E-state index contributed by atoms with van der Waals surface area (Å²) < 4.78 is 0. The highest BCUT2D eigenvalue weighted by Gasteiger charge is 2.26. The van der Waals surface area contributed by atoms with Gasteiger partial charge in [-0.05, 0) is 49.8 Å². The number of ketones is 1. The molecule has 4 aromatic rings. The molecule has 0 spiro atoms.